The smallest absolute Gasteiger partial charge is 0.0963 e. The molecule has 0 amide bonds. The number of hydrogen-bond acceptors (Lipinski definition) is 3. The number of hydrogen-bond donors (Lipinski definition) is 0. The Kier molecular flexibility index (Phi) is 3.87. The van der Waals surface area contributed by atoms with Crippen LogP contribution in [-0.2, 0) is 4.74 Å². The lowest BCUT2D eigenvalue weighted by molar-refractivity contribution is 0.259. The van der Waals surface area contributed by atoms with Crippen molar-refractivity contribution in [2.24, 2.45) is 0 Å². The van der Waals surface area contributed by atoms with Gasteiger partial charge in [0.1, 0.15) is 0 Å². The van der Waals surface area contributed by atoms with Crippen LogP contribution < -0.4 is 0 Å². The summed E-state index contributed by atoms with van der Waals surface area (Å²) in [5.74, 6) is 0.682. The molecular formula is C16H14OS2. The molecule has 19 heavy (non-hydrogen) atoms. The fourth-order valence-corrected chi connectivity index (χ4v) is 3.95. The maximum Gasteiger partial charge on any atom is 0.0963 e. The van der Waals surface area contributed by atoms with Gasteiger partial charge in [0.05, 0.1) is 5.94 Å². The monoisotopic (exact) mass is 286 g/mol. The van der Waals surface area contributed by atoms with Crippen LogP contribution in [0.15, 0.2) is 59.5 Å². The Morgan fingerprint density at radius 1 is 1.05 bits per heavy atom. The molecule has 0 N–H and O–H groups in total. The van der Waals surface area contributed by atoms with Crippen molar-refractivity contribution < 1.29 is 4.74 Å². The standard InChI is InChI=1S/C16H14OS2/c1-17-11-18-15-9-5-3-7-13(15)16-10-12-6-2-4-8-14(12)19-16/h2-10H,11H2,1H3. The number of thiophene rings is 1. The summed E-state index contributed by atoms with van der Waals surface area (Å²) in [5, 5.41) is 1.31. The van der Waals surface area contributed by atoms with Crippen LogP contribution >= 0.6 is 23.1 Å². The first kappa shape index (κ1) is 12.7. The highest BCUT2D eigenvalue weighted by molar-refractivity contribution is 7.99. The van der Waals surface area contributed by atoms with E-state index in [1.807, 2.05) is 11.3 Å². The van der Waals surface area contributed by atoms with Crippen LogP contribution in [0.5, 0.6) is 0 Å². The maximum absolute atomic E-state index is 5.16. The van der Waals surface area contributed by atoms with Gasteiger partial charge in [0.15, 0.2) is 0 Å². The second-order valence-corrected chi connectivity index (χ2v) is 6.24. The quantitative estimate of drug-likeness (QED) is 0.477. The summed E-state index contributed by atoms with van der Waals surface area (Å²) in [6, 6.07) is 19.3. The first-order valence-corrected chi connectivity index (χ1v) is 7.88. The van der Waals surface area contributed by atoms with Crippen LogP contribution in [0.4, 0.5) is 0 Å². The lowest BCUT2D eigenvalue weighted by Gasteiger charge is -2.06. The van der Waals surface area contributed by atoms with Crippen molar-refractivity contribution in [3.8, 4) is 10.4 Å². The first-order valence-electron chi connectivity index (χ1n) is 6.08. The maximum atomic E-state index is 5.16. The van der Waals surface area contributed by atoms with E-state index in [0.29, 0.717) is 5.94 Å². The summed E-state index contributed by atoms with van der Waals surface area (Å²) in [5.41, 5.74) is 1.30. The molecule has 3 heteroatoms. The zero-order valence-corrected chi connectivity index (χ0v) is 12.3. The van der Waals surface area contributed by atoms with Gasteiger partial charge in [-0.3, -0.25) is 0 Å². The molecule has 0 atom stereocenters. The third-order valence-electron chi connectivity index (χ3n) is 2.91. The largest absolute Gasteiger partial charge is 0.374 e. The number of ether oxygens (including phenoxy) is 1. The topological polar surface area (TPSA) is 9.23 Å². The summed E-state index contributed by atoms with van der Waals surface area (Å²) >= 11 is 3.58. The molecule has 0 saturated heterocycles. The van der Waals surface area contributed by atoms with Crippen LogP contribution in [0.25, 0.3) is 20.5 Å². The van der Waals surface area contributed by atoms with Crippen molar-refractivity contribution in [2.45, 2.75) is 4.90 Å². The predicted molar refractivity (Wildman–Crippen MR) is 85.0 cm³/mol. The highest BCUT2D eigenvalue weighted by Crippen LogP contribution is 2.38. The number of methoxy groups -OCH3 is 1. The molecule has 96 valence electrons. The molecule has 1 aromatic heterocycles. The van der Waals surface area contributed by atoms with Crippen LogP contribution in [0, 0.1) is 0 Å². The minimum Gasteiger partial charge on any atom is -0.374 e. The average Bonchev–Trinajstić information content (AvgIpc) is 2.89. The van der Waals surface area contributed by atoms with Crippen LogP contribution in [0.2, 0.25) is 0 Å². The molecule has 0 bridgehead atoms. The van der Waals surface area contributed by atoms with E-state index in [1.54, 1.807) is 18.9 Å². The fraction of sp³-hybridized carbons (Fsp3) is 0.125. The minimum absolute atomic E-state index is 0.682. The summed E-state index contributed by atoms with van der Waals surface area (Å²) in [6.45, 7) is 0. The van der Waals surface area contributed by atoms with Gasteiger partial charge in [-0.1, -0.05) is 48.2 Å². The average molecular weight is 286 g/mol. The summed E-state index contributed by atoms with van der Waals surface area (Å²) in [6.07, 6.45) is 0. The van der Waals surface area contributed by atoms with Crippen molar-refractivity contribution in [3.05, 3.63) is 54.6 Å². The van der Waals surface area contributed by atoms with Gasteiger partial charge in [0.25, 0.3) is 0 Å². The van der Waals surface area contributed by atoms with Gasteiger partial charge in [-0.25, -0.2) is 0 Å². The zero-order valence-electron chi connectivity index (χ0n) is 10.6. The van der Waals surface area contributed by atoms with Crippen molar-refractivity contribution in [1.82, 2.24) is 0 Å². The van der Waals surface area contributed by atoms with Gasteiger partial charge in [-0.2, -0.15) is 0 Å². The molecule has 0 aliphatic heterocycles. The number of benzene rings is 2. The van der Waals surface area contributed by atoms with Gasteiger partial charge in [-0.05, 0) is 23.6 Å². The third kappa shape index (κ3) is 2.68. The Morgan fingerprint density at radius 3 is 2.68 bits per heavy atom. The van der Waals surface area contributed by atoms with E-state index in [2.05, 4.69) is 54.6 Å². The second-order valence-electron chi connectivity index (χ2n) is 4.20. The van der Waals surface area contributed by atoms with E-state index in [4.69, 9.17) is 4.74 Å². The molecule has 2 aromatic carbocycles. The lowest BCUT2D eigenvalue weighted by atomic mass is 10.1. The van der Waals surface area contributed by atoms with E-state index in [1.165, 1.54) is 25.4 Å². The van der Waals surface area contributed by atoms with Gasteiger partial charge >= 0.3 is 0 Å². The molecule has 3 aromatic rings. The molecule has 1 heterocycles. The highest BCUT2D eigenvalue weighted by atomic mass is 32.2. The summed E-state index contributed by atoms with van der Waals surface area (Å²) in [7, 11) is 1.73. The van der Waals surface area contributed by atoms with Crippen molar-refractivity contribution in [1.29, 1.82) is 0 Å². The number of fused-ring (bicyclic) bond motifs is 1. The van der Waals surface area contributed by atoms with E-state index in [0.717, 1.165) is 0 Å². The van der Waals surface area contributed by atoms with E-state index in [-0.39, 0.29) is 0 Å². The first-order chi connectivity index (χ1) is 9.38. The normalized spacial score (nSPS) is 11.0. The van der Waals surface area contributed by atoms with Gasteiger partial charge in [0.2, 0.25) is 0 Å². The molecule has 0 aliphatic rings. The molecule has 0 radical (unpaired) electrons. The van der Waals surface area contributed by atoms with Gasteiger partial charge in [-0.15, -0.1) is 11.3 Å². The van der Waals surface area contributed by atoms with Gasteiger partial charge < -0.3 is 4.74 Å². The molecule has 0 unspecified atom stereocenters. The third-order valence-corrected chi connectivity index (χ3v) is 5.08. The Bertz CT molecular complexity index is 655. The van der Waals surface area contributed by atoms with Crippen molar-refractivity contribution >= 4 is 33.2 Å². The van der Waals surface area contributed by atoms with E-state index in [9.17, 15) is 0 Å². The van der Waals surface area contributed by atoms with E-state index >= 15 is 0 Å². The lowest BCUT2D eigenvalue weighted by Crippen LogP contribution is -1.84. The number of thioether (sulfide) groups is 1. The molecule has 1 nitrogen and oxygen atoms in total. The second kappa shape index (κ2) is 5.78. The zero-order chi connectivity index (χ0) is 13.1. The molecule has 3 rings (SSSR count). The molecule has 0 spiro atoms. The van der Waals surface area contributed by atoms with Crippen LogP contribution in [0.1, 0.15) is 0 Å². The van der Waals surface area contributed by atoms with Crippen molar-refractivity contribution in [2.75, 3.05) is 13.0 Å². The Balaban J connectivity index is 2.05. The SMILES string of the molecule is COCSc1ccccc1-c1cc2ccccc2s1. The Hall–Kier alpha value is -1.29. The molecular weight excluding hydrogens is 272 g/mol. The molecule has 0 saturated carbocycles. The Labute approximate surface area is 121 Å². The highest BCUT2D eigenvalue weighted by Gasteiger charge is 2.08. The summed E-state index contributed by atoms with van der Waals surface area (Å²) in [4.78, 5) is 2.59. The van der Waals surface area contributed by atoms with E-state index < -0.39 is 0 Å². The van der Waals surface area contributed by atoms with Gasteiger partial charge in [0, 0.05) is 27.1 Å². The minimum atomic E-state index is 0.682. The Morgan fingerprint density at radius 2 is 1.84 bits per heavy atom. The fourth-order valence-electron chi connectivity index (χ4n) is 2.03. The van der Waals surface area contributed by atoms with Crippen LogP contribution in [-0.4, -0.2) is 13.0 Å². The number of rotatable bonds is 4. The predicted octanol–water partition coefficient (Wildman–Crippen LogP) is 5.26. The van der Waals surface area contributed by atoms with Crippen molar-refractivity contribution in [3.63, 3.8) is 0 Å². The van der Waals surface area contributed by atoms with Crippen LogP contribution in [0.3, 0.4) is 0 Å². The summed E-state index contributed by atoms with van der Waals surface area (Å²) < 4.78 is 6.50. The molecule has 0 aliphatic carbocycles. The molecule has 0 fully saturated rings.